The SMILES string of the molecule is CCOc1ccc(-c2noc(CNC(=O)CN(C)S(=O)(=O)c3ccc(C)cc3)n2)cc1. The van der Waals surface area contributed by atoms with E-state index in [9.17, 15) is 13.2 Å². The van der Waals surface area contributed by atoms with Crippen LogP contribution in [0.4, 0.5) is 0 Å². The number of hydrogen-bond donors (Lipinski definition) is 1. The van der Waals surface area contributed by atoms with Gasteiger partial charge in [-0.25, -0.2) is 8.42 Å². The zero-order valence-corrected chi connectivity index (χ0v) is 18.3. The standard InChI is InChI=1S/C21H24N4O5S/c1-4-29-17-9-7-16(8-10-17)21-23-20(30-24-21)13-22-19(26)14-25(3)31(27,28)18-11-5-15(2)6-12-18/h5-12H,4,13-14H2,1-3H3,(H,22,26). The number of likely N-dealkylation sites (N-methyl/N-ethyl adjacent to an activating group) is 1. The molecule has 31 heavy (non-hydrogen) atoms. The highest BCUT2D eigenvalue weighted by Crippen LogP contribution is 2.20. The average molecular weight is 445 g/mol. The van der Waals surface area contributed by atoms with Crippen LogP contribution in [0.2, 0.25) is 0 Å². The summed E-state index contributed by atoms with van der Waals surface area (Å²) in [6.07, 6.45) is 0. The fraction of sp³-hybridized carbons (Fsp3) is 0.286. The first kappa shape index (κ1) is 22.4. The number of nitrogens with one attached hydrogen (secondary N) is 1. The third-order valence-electron chi connectivity index (χ3n) is 4.42. The Morgan fingerprint density at radius 1 is 1.13 bits per heavy atom. The number of benzene rings is 2. The van der Waals surface area contributed by atoms with Crippen molar-refractivity contribution in [3.05, 3.63) is 60.0 Å². The lowest BCUT2D eigenvalue weighted by Gasteiger charge is -2.16. The van der Waals surface area contributed by atoms with Crippen molar-refractivity contribution in [1.82, 2.24) is 19.8 Å². The Kier molecular flexibility index (Phi) is 7.03. The Balaban J connectivity index is 1.55. The van der Waals surface area contributed by atoms with Crippen LogP contribution in [0.15, 0.2) is 57.9 Å². The van der Waals surface area contributed by atoms with Gasteiger partial charge in [0.15, 0.2) is 0 Å². The van der Waals surface area contributed by atoms with E-state index in [1.807, 2.05) is 26.0 Å². The number of aryl methyl sites for hydroxylation is 1. The molecule has 0 atom stereocenters. The number of carbonyl (C=O) groups excluding carboxylic acids is 1. The van der Waals surface area contributed by atoms with Crippen molar-refractivity contribution < 1.29 is 22.5 Å². The summed E-state index contributed by atoms with van der Waals surface area (Å²) in [7, 11) is -2.41. The minimum absolute atomic E-state index is 0.0126. The van der Waals surface area contributed by atoms with Gasteiger partial charge >= 0.3 is 0 Å². The third kappa shape index (κ3) is 5.68. The molecule has 0 bridgehead atoms. The highest BCUT2D eigenvalue weighted by molar-refractivity contribution is 7.89. The van der Waals surface area contributed by atoms with Crippen molar-refractivity contribution in [3.8, 4) is 17.1 Å². The van der Waals surface area contributed by atoms with Crippen molar-refractivity contribution in [2.24, 2.45) is 0 Å². The maximum absolute atomic E-state index is 12.6. The van der Waals surface area contributed by atoms with E-state index in [1.165, 1.54) is 19.2 Å². The highest BCUT2D eigenvalue weighted by Gasteiger charge is 2.23. The Bertz CT molecular complexity index is 1130. The Morgan fingerprint density at radius 3 is 2.45 bits per heavy atom. The summed E-state index contributed by atoms with van der Waals surface area (Å²) in [5, 5.41) is 6.49. The Labute approximate surface area is 181 Å². The fourth-order valence-electron chi connectivity index (χ4n) is 2.72. The van der Waals surface area contributed by atoms with Gasteiger partial charge < -0.3 is 14.6 Å². The number of rotatable bonds is 9. The van der Waals surface area contributed by atoms with E-state index in [1.54, 1.807) is 24.3 Å². The van der Waals surface area contributed by atoms with Gasteiger partial charge in [-0.1, -0.05) is 22.9 Å². The second kappa shape index (κ2) is 9.71. The van der Waals surface area contributed by atoms with E-state index >= 15 is 0 Å². The molecule has 0 radical (unpaired) electrons. The van der Waals surface area contributed by atoms with Crippen LogP contribution < -0.4 is 10.1 Å². The van der Waals surface area contributed by atoms with Crippen molar-refractivity contribution in [2.75, 3.05) is 20.2 Å². The maximum atomic E-state index is 12.6. The monoisotopic (exact) mass is 444 g/mol. The molecule has 1 heterocycles. The molecule has 0 fully saturated rings. The van der Waals surface area contributed by atoms with Crippen LogP contribution in [0.25, 0.3) is 11.4 Å². The summed E-state index contributed by atoms with van der Waals surface area (Å²) < 4.78 is 36.7. The lowest BCUT2D eigenvalue weighted by Crippen LogP contribution is -2.38. The number of nitrogens with zero attached hydrogens (tertiary/aromatic N) is 3. The summed E-state index contributed by atoms with van der Waals surface area (Å²) in [5.74, 6) is 0.846. The van der Waals surface area contributed by atoms with Gasteiger partial charge in [0.1, 0.15) is 5.75 Å². The lowest BCUT2D eigenvalue weighted by atomic mass is 10.2. The molecule has 0 saturated heterocycles. The molecule has 3 rings (SSSR count). The van der Waals surface area contributed by atoms with E-state index in [4.69, 9.17) is 9.26 Å². The maximum Gasteiger partial charge on any atom is 0.246 e. The van der Waals surface area contributed by atoms with Gasteiger partial charge in [0.25, 0.3) is 0 Å². The molecular formula is C21H24N4O5S. The number of carbonyl (C=O) groups is 1. The summed E-state index contributed by atoms with van der Waals surface area (Å²) in [5.41, 5.74) is 1.69. The second-order valence-corrected chi connectivity index (χ2v) is 8.86. The number of amides is 1. The van der Waals surface area contributed by atoms with Gasteiger partial charge in [0.05, 0.1) is 24.6 Å². The van der Waals surface area contributed by atoms with Crippen molar-refractivity contribution in [1.29, 1.82) is 0 Å². The first-order chi connectivity index (χ1) is 14.8. The largest absolute Gasteiger partial charge is 0.494 e. The van der Waals surface area contributed by atoms with Crippen LogP contribution in [-0.4, -0.2) is 49.0 Å². The molecule has 1 N–H and O–H groups in total. The minimum Gasteiger partial charge on any atom is -0.494 e. The molecule has 3 aromatic rings. The molecule has 0 unspecified atom stereocenters. The van der Waals surface area contributed by atoms with Crippen molar-refractivity contribution >= 4 is 15.9 Å². The summed E-state index contributed by atoms with van der Waals surface area (Å²) >= 11 is 0. The quantitative estimate of drug-likeness (QED) is 0.539. The van der Waals surface area contributed by atoms with E-state index < -0.39 is 15.9 Å². The fourth-order valence-corrected chi connectivity index (χ4v) is 3.85. The smallest absolute Gasteiger partial charge is 0.246 e. The predicted octanol–water partition coefficient (Wildman–Crippen LogP) is 2.38. The molecule has 1 amide bonds. The summed E-state index contributed by atoms with van der Waals surface area (Å²) in [6, 6.07) is 13.7. The molecule has 2 aromatic carbocycles. The first-order valence-electron chi connectivity index (χ1n) is 9.65. The number of ether oxygens (including phenoxy) is 1. The minimum atomic E-state index is -3.76. The number of hydrogen-bond acceptors (Lipinski definition) is 7. The molecule has 0 aliphatic carbocycles. The van der Waals surface area contributed by atoms with Crippen molar-refractivity contribution in [3.63, 3.8) is 0 Å². The topological polar surface area (TPSA) is 115 Å². The van der Waals surface area contributed by atoms with Crippen LogP contribution in [0.1, 0.15) is 18.4 Å². The summed E-state index contributed by atoms with van der Waals surface area (Å²) in [4.78, 5) is 16.6. The van der Waals surface area contributed by atoms with Crippen molar-refractivity contribution in [2.45, 2.75) is 25.3 Å². The van der Waals surface area contributed by atoms with E-state index in [0.29, 0.717) is 12.4 Å². The highest BCUT2D eigenvalue weighted by atomic mass is 32.2. The van der Waals surface area contributed by atoms with Crippen LogP contribution in [0.5, 0.6) is 5.75 Å². The first-order valence-corrected chi connectivity index (χ1v) is 11.1. The van der Waals surface area contributed by atoms with Gasteiger partial charge in [0.2, 0.25) is 27.6 Å². The molecule has 10 heteroatoms. The Morgan fingerprint density at radius 2 is 1.81 bits per heavy atom. The molecule has 0 spiro atoms. The second-order valence-electron chi connectivity index (χ2n) is 6.82. The van der Waals surface area contributed by atoms with Crippen LogP contribution in [0.3, 0.4) is 0 Å². The molecule has 0 aliphatic rings. The molecule has 0 aliphatic heterocycles. The third-order valence-corrected chi connectivity index (χ3v) is 6.24. The number of sulfonamides is 1. The van der Waals surface area contributed by atoms with Crippen LogP contribution in [0, 0.1) is 6.92 Å². The number of aromatic nitrogens is 2. The molecule has 164 valence electrons. The molecular weight excluding hydrogens is 420 g/mol. The van der Waals surface area contributed by atoms with Gasteiger partial charge in [0, 0.05) is 12.6 Å². The van der Waals surface area contributed by atoms with Gasteiger partial charge in [-0.3, -0.25) is 4.79 Å². The summed E-state index contributed by atoms with van der Waals surface area (Å²) in [6.45, 7) is 4.00. The van der Waals surface area contributed by atoms with Crippen LogP contribution in [-0.2, 0) is 21.4 Å². The normalized spacial score (nSPS) is 11.5. The van der Waals surface area contributed by atoms with E-state index in [2.05, 4.69) is 15.5 Å². The van der Waals surface area contributed by atoms with Gasteiger partial charge in [-0.05, 0) is 50.2 Å². The zero-order valence-electron chi connectivity index (χ0n) is 17.5. The molecule has 9 nitrogen and oxygen atoms in total. The zero-order chi connectivity index (χ0) is 22.4. The van der Waals surface area contributed by atoms with Crippen LogP contribution >= 0.6 is 0 Å². The average Bonchev–Trinajstić information content (AvgIpc) is 3.22. The van der Waals surface area contributed by atoms with E-state index in [-0.39, 0.29) is 23.9 Å². The predicted molar refractivity (Wildman–Crippen MR) is 114 cm³/mol. The van der Waals surface area contributed by atoms with E-state index in [0.717, 1.165) is 21.2 Å². The van der Waals surface area contributed by atoms with Gasteiger partial charge in [-0.15, -0.1) is 0 Å². The molecule has 1 aromatic heterocycles. The lowest BCUT2D eigenvalue weighted by molar-refractivity contribution is -0.121. The van der Waals surface area contributed by atoms with Gasteiger partial charge in [-0.2, -0.15) is 9.29 Å². The Hall–Kier alpha value is -3.24. The molecule has 0 saturated carbocycles.